The number of methoxy groups -OCH3 is 1. The van der Waals surface area contributed by atoms with Crippen LogP contribution in [-0.4, -0.2) is 40.0 Å². The number of ether oxygens (including phenoxy) is 2. The predicted octanol–water partition coefficient (Wildman–Crippen LogP) is 2.21. The second-order valence-electron chi connectivity index (χ2n) is 4.67. The minimum atomic E-state index is 0.697. The molecular weight excluding hydrogens is 202 g/mol. The molecule has 0 heterocycles. The zero-order chi connectivity index (χ0) is 11.5. The van der Waals surface area contributed by atoms with E-state index in [4.69, 9.17) is 9.47 Å². The van der Waals surface area contributed by atoms with E-state index in [1.54, 1.807) is 7.11 Å². The van der Waals surface area contributed by atoms with Gasteiger partial charge in [-0.15, -0.1) is 0 Å². The molecule has 0 amide bonds. The third-order valence-electron chi connectivity index (χ3n) is 3.26. The van der Waals surface area contributed by atoms with Gasteiger partial charge in [0.05, 0.1) is 19.8 Å². The van der Waals surface area contributed by atoms with Gasteiger partial charge in [0.2, 0.25) is 0 Å². The van der Waals surface area contributed by atoms with Crippen LogP contribution in [0.25, 0.3) is 0 Å². The summed E-state index contributed by atoms with van der Waals surface area (Å²) in [6.07, 6.45) is 8.57. The van der Waals surface area contributed by atoms with Crippen molar-refractivity contribution in [1.29, 1.82) is 0 Å². The molecule has 0 radical (unpaired) electrons. The highest BCUT2D eigenvalue weighted by Crippen LogP contribution is 2.21. The maximum Gasteiger partial charge on any atom is 0.0700 e. The summed E-state index contributed by atoms with van der Waals surface area (Å²) < 4.78 is 10.3. The maximum absolute atomic E-state index is 5.40. The van der Waals surface area contributed by atoms with E-state index >= 15 is 0 Å². The summed E-state index contributed by atoms with van der Waals surface area (Å²) in [4.78, 5) is 0. The van der Waals surface area contributed by atoms with Crippen molar-refractivity contribution in [3.63, 3.8) is 0 Å². The molecule has 0 unspecified atom stereocenters. The van der Waals surface area contributed by atoms with Crippen LogP contribution in [0.5, 0.6) is 0 Å². The van der Waals surface area contributed by atoms with Gasteiger partial charge in [-0.05, 0) is 25.3 Å². The molecule has 0 aromatic carbocycles. The highest BCUT2D eigenvalue weighted by molar-refractivity contribution is 4.66. The fraction of sp³-hybridized carbons (Fsp3) is 1.00. The van der Waals surface area contributed by atoms with Gasteiger partial charge in [-0.25, -0.2) is 0 Å². The van der Waals surface area contributed by atoms with Crippen molar-refractivity contribution in [2.75, 3.05) is 40.0 Å². The summed E-state index contributed by atoms with van der Waals surface area (Å²) in [5.41, 5.74) is 0. The number of rotatable bonds is 8. The zero-order valence-corrected chi connectivity index (χ0v) is 10.7. The van der Waals surface area contributed by atoms with Gasteiger partial charge >= 0.3 is 0 Å². The Hall–Kier alpha value is -0.120. The third-order valence-corrected chi connectivity index (χ3v) is 3.26. The molecule has 1 rings (SSSR count). The molecule has 3 heteroatoms. The van der Waals surface area contributed by atoms with Gasteiger partial charge in [-0.1, -0.05) is 25.7 Å². The summed E-state index contributed by atoms with van der Waals surface area (Å²) in [5.74, 6) is 0.904. The lowest BCUT2D eigenvalue weighted by molar-refractivity contribution is 0.0716. The monoisotopic (exact) mass is 229 g/mol. The summed E-state index contributed by atoms with van der Waals surface area (Å²) in [5, 5.41) is 3.49. The van der Waals surface area contributed by atoms with E-state index in [0.717, 1.165) is 19.1 Å². The molecule has 0 aromatic heterocycles. The van der Waals surface area contributed by atoms with Crippen LogP contribution < -0.4 is 5.32 Å². The van der Waals surface area contributed by atoms with Crippen LogP contribution in [0.2, 0.25) is 0 Å². The van der Waals surface area contributed by atoms with Gasteiger partial charge < -0.3 is 14.8 Å². The lowest BCUT2D eigenvalue weighted by Gasteiger charge is -2.14. The Morgan fingerprint density at radius 3 is 2.44 bits per heavy atom. The average molecular weight is 229 g/mol. The molecule has 1 fully saturated rings. The van der Waals surface area contributed by atoms with Gasteiger partial charge in [-0.2, -0.15) is 0 Å². The smallest absolute Gasteiger partial charge is 0.0700 e. The molecule has 1 saturated carbocycles. The Kier molecular flexibility index (Phi) is 8.77. The molecule has 0 aliphatic heterocycles. The van der Waals surface area contributed by atoms with Crippen molar-refractivity contribution in [3.05, 3.63) is 0 Å². The topological polar surface area (TPSA) is 30.5 Å². The molecular formula is C13H27NO2. The van der Waals surface area contributed by atoms with E-state index in [2.05, 4.69) is 5.32 Å². The van der Waals surface area contributed by atoms with Gasteiger partial charge in [0, 0.05) is 13.7 Å². The Bertz CT molecular complexity index is 145. The van der Waals surface area contributed by atoms with Gasteiger partial charge in [0.15, 0.2) is 0 Å². The highest BCUT2D eigenvalue weighted by Gasteiger charge is 2.10. The standard InChI is InChI=1S/C13H27NO2/c1-15-10-11-16-9-8-14-12-13-6-4-2-3-5-7-13/h13-14H,2-12H2,1H3. The molecule has 0 spiro atoms. The van der Waals surface area contributed by atoms with E-state index in [-0.39, 0.29) is 0 Å². The average Bonchev–Trinajstić information content (AvgIpc) is 2.56. The van der Waals surface area contributed by atoms with Gasteiger partial charge in [0.25, 0.3) is 0 Å². The normalized spacial score (nSPS) is 18.6. The van der Waals surface area contributed by atoms with Crippen molar-refractivity contribution in [3.8, 4) is 0 Å². The van der Waals surface area contributed by atoms with E-state index < -0.39 is 0 Å². The number of hydrogen-bond acceptors (Lipinski definition) is 3. The second-order valence-corrected chi connectivity index (χ2v) is 4.67. The molecule has 0 atom stereocenters. The fourth-order valence-electron chi connectivity index (χ4n) is 2.26. The first-order chi connectivity index (χ1) is 7.93. The van der Waals surface area contributed by atoms with E-state index in [1.807, 2.05) is 0 Å². The fourth-order valence-corrected chi connectivity index (χ4v) is 2.26. The van der Waals surface area contributed by atoms with Crippen LogP contribution in [-0.2, 0) is 9.47 Å². The summed E-state index contributed by atoms with van der Waals surface area (Å²) in [6.45, 7) is 4.36. The Balaban J connectivity index is 1.86. The first kappa shape index (κ1) is 13.9. The van der Waals surface area contributed by atoms with Crippen LogP contribution in [0.1, 0.15) is 38.5 Å². The van der Waals surface area contributed by atoms with Crippen LogP contribution in [0.3, 0.4) is 0 Å². The van der Waals surface area contributed by atoms with Crippen molar-refractivity contribution in [2.45, 2.75) is 38.5 Å². The minimum Gasteiger partial charge on any atom is -0.382 e. The molecule has 0 aromatic rings. The summed E-state index contributed by atoms with van der Waals surface area (Å²) in [6, 6.07) is 0. The molecule has 1 aliphatic rings. The quantitative estimate of drug-likeness (QED) is 0.511. The van der Waals surface area contributed by atoms with Crippen molar-refractivity contribution in [1.82, 2.24) is 5.32 Å². The molecule has 0 bridgehead atoms. The second kappa shape index (κ2) is 10.1. The Labute approximate surface area is 99.9 Å². The number of nitrogens with one attached hydrogen (secondary N) is 1. The van der Waals surface area contributed by atoms with Crippen molar-refractivity contribution < 1.29 is 9.47 Å². The lowest BCUT2D eigenvalue weighted by Crippen LogP contribution is -2.26. The van der Waals surface area contributed by atoms with Crippen LogP contribution >= 0.6 is 0 Å². The van der Waals surface area contributed by atoms with Crippen LogP contribution in [0.4, 0.5) is 0 Å². The Morgan fingerprint density at radius 2 is 1.75 bits per heavy atom. The van der Waals surface area contributed by atoms with Gasteiger partial charge in [0.1, 0.15) is 0 Å². The molecule has 3 nitrogen and oxygen atoms in total. The molecule has 16 heavy (non-hydrogen) atoms. The zero-order valence-electron chi connectivity index (χ0n) is 10.7. The van der Waals surface area contributed by atoms with Crippen LogP contribution in [0, 0.1) is 5.92 Å². The first-order valence-electron chi connectivity index (χ1n) is 6.71. The van der Waals surface area contributed by atoms with Crippen molar-refractivity contribution >= 4 is 0 Å². The number of hydrogen-bond donors (Lipinski definition) is 1. The summed E-state index contributed by atoms with van der Waals surface area (Å²) in [7, 11) is 1.70. The third kappa shape index (κ3) is 7.20. The Morgan fingerprint density at radius 1 is 1.00 bits per heavy atom. The largest absolute Gasteiger partial charge is 0.382 e. The molecule has 0 saturated heterocycles. The van der Waals surface area contributed by atoms with Crippen LogP contribution in [0.15, 0.2) is 0 Å². The van der Waals surface area contributed by atoms with Gasteiger partial charge in [-0.3, -0.25) is 0 Å². The minimum absolute atomic E-state index is 0.697. The first-order valence-corrected chi connectivity index (χ1v) is 6.71. The molecule has 96 valence electrons. The SMILES string of the molecule is COCCOCCNCC1CCCCCC1. The van der Waals surface area contributed by atoms with Crippen molar-refractivity contribution in [2.24, 2.45) is 5.92 Å². The molecule has 1 N–H and O–H groups in total. The maximum atomic E-state index is 5.40. The molecule has 1 aliphatic carbocycles. The van der Waals surface area contributed by atoms with E-state index in [1.165, 1.54) is 45.1 Å². The van der Waals surface area contributed by atoms with E-state index in [9.17, 15) is 0 Å². The predicted molar refractivity (Wildman–Crippen MR) is 66.8 cm³/mol. The lowest BCUT2D eigenvalue weighted by atomic mass is 10.0. The van der Waals surface area contributed by atoms with E-state index in [0.29, 0.717) is 13.2 Å². The summed E-state index contributed by atoms with van der Waals surface area (Å²) >= 11 is 0. The highest BCUT2D eigenvalue weighted by atomic mass is 16.5.